The molecule has 1 rings (SSSR count). The van der Waals surface area contributed by atoms with Gasteiger partial charge in [0.1, 0.15) is 0 Å². The van der Waals surface area contributed by atoms with Crippen molar-refractivity contribution in [2.75, 3.05) is 18.6 Å². The van der Waals surface area contributed by atoms with Crippen molar-refractivity contribution >= 4 is 11.8 Å². The highest BCUT2D eigenvalue weighted by Crippen LogP contribution is 2.10. The Hall–Kier alpha value is -0.290. The first kappa shape index (κ1) is 7.81. The SMILES string of the molecule is CCSCC1N=NNN1C. The average molecular weight is 160 g/mol. The summed E-state index contributed by atoms with van der Waals surface area (Å²) in [5, 5.41) is 9.56. The van der Waals surface area contributed by atoms with Crippen LogP contribution in [0.4, 0.5) is 0 Å². The van der Waals surface area contributed by atoms with E-state index in [-0.39, 0.29) is 6.17 Å². The molecule has 1 aliphatic heterocycles. The topological polar surface area (TPSA) is 40.0 Å². The Morgan fingerprint density at radius 3 is 3.00 bits per heavy atom. The van der Waals surface area contributed by atoms with E-state index < -0.39 is 0 Å². The maximum atomic E-state index is 3.97. The second kappa shape index (κ2) is 3.78. The Morgan fingerprint density at radius 1 is 1.70 bits per heavy atom. The molecule has 0 radical (unpaired) electrons. The van der Waals surface area contributed by atoms with Gasteiger partial charge in [0.15, 0.2) is 6.17 Å². The van der Waals surface area contributed by atoms with Crippen LogP contribution in [0, 0.1) is 0 Å². The molecule has 0 saturated heterocycles. The lowest BCUT2D eigenvalue weighted by atomic mass is 10.6. The molecule has 0 amide bonds. The van der Waals surface area contributed by atoms with Gasteiger partial charge in [-0.25, -0.2) is 5.53 Å². The number of hydrogen-bond acceptors (Lipinski definition) is 5. The monoisotopic (exact) mass is 160 g/mol. The molecule has 1 unspecified atom stereocenters. The van der Waals surface area contributed by atoms with Crippen LogP contribution < -0.4 is 5.53 Å². The van der Waals surface area contributed by atoms with E-state index in [1.807, 2.05) is 23.8 Å². The van der Waals surface area contributed by atoms with Gasteiger partial charge in [0.2, 0.25) is 0 Å². The molecular weight excluding hydrogens is 148 g/mol. The summed E-state index contributed by atoms with van der Waals surface area (Å²) in [6, 6.07) is 0. The number of nitrogens with one attached hydrogen (secondary N) is 1. The van der Waals surface area contributed by atoms with Gasteiger partial charge in [0, 0.05) is 12.8 Å². The van der Waals surface area contributed by atoms with Crippen molar-refractivity contribution in [1.82, 2.24) is 10.5 Å². The van der Waals surface area contributed by atoms with Crippen molar-refractivity contribution in [2.24, 2.45) is 10.3 Å². The van der Waals surface area contributed by atoms with E-state index in [0.29, 0.717) is 0 Å². The van der Waals surface area contributed by atoms with Crippen molar-refractivity contribution in [1.29, 1.82) is 0 Å². The predicted octanol–water partition coefficient (Wildman–Crippen LogP) is 0.883. The van der Waals surface area contributed by atoms with Gasteiger partial charge in [-0.2, -0.15) is 16.8 Å². The minimum atomic E-state index is 0.227. The molecular formula is C5H12N4S. The van der Waals surface area contributed by atoms with E-state index in [2.05, 4.69) is 22.8 Å². The van der Waals surface area contributed by atoms with E-state index >= 15 is 0 Å². The van der Waals surface area contributed by atoms with Crippen LogP contribution in [0.25, 0.3) is 0 Å². The van der Waals surface area contributed by atoms with Crippen molar-refractivity contribution < 1.29 is 0 Å². The molecule has 5 heteroatoms. The zero-order valence-electron chi connectivity index (χ0n) is 6.24. The third-order valence-electron chi connectivity index (χ3n) is 1.31. The van der Waals surface area contributed by atoms with Gasteiger partial charge in [-0.3, -0.25) is 0 Å². The average Bonchev–Trinajstić information content (AvgIpc) is 2.31. The van der Waals surface area contributed by atoms with Gasteiger partial charge in [0.25, 0.3) is 0 Å². The second-order valence-electron chi connectivity index (χ2n) is 2.07. The predicted molar refractivity (Wildman–Crippen MR) is 42.5 cm³/mol. The number of thioether (sulfide) groups is 1. The first-order chi connectivity index (χ1) is 4.84. The number of hydrazine groups is 1. The number of nitrogens with zero attached hydrogens (tertiary/aromatic N) is 3. The van der Waals surface area contributed by atoms with E-state index in [9.17, 15) is 0 Å². The lowest BCUT2D eigenvalue weighted by molar-refractivity contribution is 0.236. The summed E-state index contributed by atoms with van der Waals surface area (Å²) >= 11 is 1.87. The molecule has 0 aromatic rings. The van der Waals surface area contributed by atoms with Gasteiger partial charge in [0.05, 0.1) is 0 Å². The largest absolute Gasteiger partial charge is 0.220 e. The fraction of sp³-hybridized carbons (Fsp3) is 1.00. The van der Waals surface area contributed by atoms with Crippen LogP contribution in [0.1, 0.15) is 6.92 Å². The summed E-state index contributed by atoms with van der Waals surface area (Å²) in [5.74, 6) is 2.16. The highest BCUT2D eigenvalue weighted by molar-refractivity contribution is 7.99. The van der Waals surface area contributed by atoms with E-state index in [1.165, 1.54) is 0 Å². The zero-order chi connectivity index (χ0) is 7.40. The highest BCUT2D eigenvalue weighted by atomic mass is 32.2. The summed E-state index contributed by atoms with van der Waals surface area (Å²) in [6.45, 7) is 2.14. The second-order valence-corrected chi connectivity index (χ2v) is 3.39. The van der Waals surface area contributed by atoms with Crippen LogP contribution in [-0.2, 0) is 0 Å². The van der Waals surface area contributed by atoms with Crippen molar-refractivity contribution in [2.45, 2.75) is 13.1 Å². The third-order valence-corrected chi connectivity index (χ3v) is 2.25. The Kier molecular flexibility index (Phi) is 2.95. The zero-order valence-corrected chi connectivity index (χ0v) is 7.06. The maximum absolute atomic E-state index is 3.97. The van der Waals surface area contributed by atoms with Gasteiger partial charge in [-0.05, 0) is 5.75 Å². The van der Waals surface area contributed by atoms with Crippen molar-refractivity contribution in [3.8, 4) is 0 Å². The molecule has 0 spiro atoms. The molecule has 0 fully saturated rings. The first-order valence-corrected chi connectivity index (χ1v) is 4.46. The minimum absolute atomic E-state index is 0.227. The van der Waals surface area contributed by atoms with Gasteiger partial charge in [-0.15, -0.1) is 5.11 Å². The van der Waals surface area contributed by atoms with E-state index in [4.69, 9.17) is 0 Å². The summed E-state index contributed by atoms with van der Waals surface area (Å²) in [6.07, 6.45) is 0.227. The standard InChI is InChI=1S/C5H12N4S/c1-3-10-4-5-6-7-8-9(5)2/h5H,3-4H2,1-2H3,(H,6,8). The molecule has 58 valence electrons. The van der Waals surface area contributed by atoms with Gasteiger partial charge in [-0.1, -0.05) is 12.1 Å². The molecule has 1 heterocycles. The summed E-state index contributed by atoms with van der Waals surface area (Å²) in [4.78, 5) is 0. The van der Waals surface area contributed by atoms with Crippen LogP contribution in [0.3, 0.4) is 0 Å². The van der Waals surface area contributed by atoms with Crippen LogP contribution in [0.2, 0.25) is 0 Å². The summed E-state index contributed by atoms with van der Waals surface area (Å²) in [5.41, 5.74) is 2.76. The fourth-order valence-electron chi connectivity index (χ4n) is 0.676. The smallest absolute Gasteiger partial charge is 0.152 e. The van der Waals surface area contributed by atoms with Crippen LogP contribution >= 0.6 is 11.8 Å². The molecule has 0 saturated carbocycles. The molecule has 1 aliphatic rings. The molecule has 1 atom stereocenters. The van der Waals surface area contributed by atoms with Crippen LogP contribution in [0.15, 0.2) is 10.3 Å². The highest BCUT2D eigenvalue weighted by Gasteiger charge is 2.16. The summed E-state index contributed by atoms with van der Waals surface area (Å²) in [7, 11) is 1.95. The quantitative estimate of drug-likeness (QED) is 0.666. The fourth-order valence-corrected chi connectivity index (χ4v) is 1.41. The lowest BCUT2D eigenvalue weighted by Crippen LogP contribution is -2.34. The van der Waals surface area contributed by atoms with Gasteiger partial charge < -0.3 is 0 Å². The Bertz CT molecular complexity index is 127. The van der Waals surface area contributed by atoms with E-state index in [1.54, 1.807) is 0 Å². The molecule has 10 heavy (non-hydrogen) atoms. The minimum Gasteiger partial charge on any atom is -0.220 e. The maximum Gasteiger partial charge on any atom is 0.152 e. The number of rotatable bonds is 3. The lowest BCUT2D eigenvalue weighted by Gasteiger charge is -2.13. The van der Waals surface area contributed by atoms with Crippen LogP contribution in [0.5, 0.6) is 0 Å². The number of hydrogen-bond donors (Lipinski definition) is 1. The molecule has 4 nitrogen and oxygen atoms in total. The van der Waals surface area contributed by atoms with E-state index in [0.717, 1.165) is 11.5 Å². The Morgan fingerprint density at radius 2 is 2.50 bits per heavy atom. The Balaban J connectivity index is 2.20. The summed E-state index contributed by atoms with van der Waals surface area (Å²) < 4.78 is 0. The van der Waals surface area contributed by atoms with Crippen molar-refractivity contribution in [3.05, 3.63) is 0 Å². The molecule has 0 bridgehead atoms. The normalized spacial score (nSPS) is 25.2. The third kappa shape index (κ3) is 1.85. The molecule has 0 aromatic carbocycles. The molecule has 1 N–H and O–H groups in total. The molecule has 0 aromatic heterocycles. The van der Waals surface area contributed by atoms with Crippen LogP contribution in [-0.4, -0.2) is 29.7 Å². The van der Waals surface area contributed by atoms with Crippen molar-refractivity contribution in [3.63, 3.8) is 0 Å². The van der Waals surface area contributed by atoms with Gasteiger partial charge >= 0.3 is 0 Å². The molecule has 0 aliphatic carbocycles. The first-order valence-electron chi connectivity index (χ1n) is 3.30. The Labute approximate surface area is 65.0 Å².